The number of aromatic nitrogens is 1. The van der Waals surface area contributed by atoms with E-state index in [-0.39, 0.29) is 0 Å². The predicted octanol–water partition coefficient (Wildman–Crippen LogP) is 2.91. The lowest BCUT2D eigenvalue weighted by atomic mass is 9.98. The summed E-state index contributed by atoms with van der Waals surface area (Å²) in [7, 11) is 0. The molecule has 1 nitrogen and oxygen atoms in total. The summed E-state index contributed by atoms with van der Waals surface area (Å²) >= 11 is 0. The topological polar surface area (TPSA) is 4.93 Å². The van der Waals surface area contributed by atoms with Gasteiger partial charge in [-0.25, -0.2) is 0 Å². The maximum absolute atomic E-state index is 4.28. The Bertz CT molecular complexity index is 957. The fraction of sp³-hybridized carbons (Fsp3) is 0.0526. The van der Waals surface area contributed by atoms with E-state index in [0.29, 0.717) is 0 Å². The molecule has 0 spiro atoms. The number of benzene rings is 2. The highest BCUT2D eigenvalue weighted by Crippen LogP contribution is 2.29. The fourth-order valence-electron chi connectivity index (χ4n) is 3.26. The van der Waals surface area contributed by atoms with E-state index in [1.54, 1.807) is 0 Å². The summed E-state index contributed by atoms with van der Waals surface area (Å²) in [5, 5.41) is 3.46. The van der Waals surface area contributed by atoms with Gasteiger partial charge in [0.25, 0.3) is 0 Å². The molecule has 20 heavy (non-hydrogen) atoms. The van der Waals surface area contributed by atoms with Crippen molar-refractivity contribution in [3.05, 3.63) is 76.8 Å². The second kappa shape index (κ2) is 3.97. The van der Waals surface area contributed by atoms with E-state index in [4.69, 9.17) is 0 Å². The van der Waals surface area contributed by atoms with Crippen LogP contribution in [0.2, 0.25) is 0 Å². The molecule has 4 rings (SSSR count). The molecule has 1 aliphatic rings. The summed E-state index contributed by atoms with van der Waals surface area (Å²) in [6.07, 6.45) is 4.88. The van der Waals surface area contributed by atoms with Gasteiger partial charge in [0.2, 0.25) is 0 Å². The molecule has 0 bridgehead atoms. The van der Waals surface area contributed by atoms with Crippen LogP contribution in [0.1, 0.15) is 11.1 Å². The van der Waals surface area contributed by atoms with E-state index in [2.05, 4.69) is 60.2 Å². The summed E-state index contributed by atoms with van der Waals surface area (Å²) in [5.41, 5.74) is 5.29. The van der Waals surface area contributed by atoms with Crippen LogP contribution in [0.4, 0.5) is 0 Å². The van der Waals surface area contributed by atoms with E-state index < -0.39 is 0 Å². The molecule has 1 aromatic heterocycles. The highest BCUT2D eigenvalue weighted by molar-refractivity contribution is 5.88. The van der Waals surface area contributed by atoms with Gasteiger partial charge in [-0.05, 0) is 23.3 Å². The zero-order valence-corrected chi connectivity index (χ0v) is 11.3. The first kappa shape index (κ1) is 11.3. The van der Waals surface area contributed by atoms with Crippen molar-refractivity contribution in [2.24, 2.45) is 0 Å². The molecule has 1 heteroatoms. The number of allylic oxidation sites excluding steroid dienone is 1. The molecule has 0 unspecified atom stereocenters. The van der Waals surface area contributed by atoms with Crippen molar-refractivity contribution in [3.8, 4) is 5.69 Å². The number of fused-ring (bicyclic) bond motifs is 2. The third-order valence-corrected chi connectivity index (χ3v) is 4.11. The van der Waals surface area contributed by atoms with Gasteiger partial charge in [0.1, 0.15) is 0 Å². The van der Waals surface area contributed by atoms with Gasteiger partial charge in [-0.1, -0.05) is 55.6 Å². The highest BCUT2D eigenvalue weighted by Gasteiger charge is 2.19. The van der Waals surface area contributed by atoms with Gasteiger partial charge in [0, 0.05) is 22.7 Å². The summed E-state index contributed by atoms with van der Waals surface area (Å²) in [4.78, 5) is 0. The van der Waals surface area contributed by atoms with Crippen LogP contribution in [-0.2, 0) is 6.42 Å². The molecule has 0 amide bonds. The largest absolute Gasteiger partial charge is 0.309 e. The molecule has 0 saturated heterocycles. The number of nitrogens with zero attached hydrogens (tertiary/aromatic N) is 1. The molecule has 96 valence electrons. The van der Waals surface area contributed by atoms with Gasteiger partial charge in [-0.3, -0.25) is 0 Å². The summed E-state index contributed by atoms with van der Waals surface area (Å²) in [6, 6.07) is 15.1. The van der Waals surface area contributed by atoms with Gasteiger partial charge >= 0.3 is 0 Å². The van der Waals surface area contributed by atoms with Crippen LogP contribution in [0.5, 0.6) is 0 Å². The van der Waals surface area contributed by atoms with Gasteiger partial charge in [0.15, 0.2) is 0 Å². The lowest BCUT2D eigenvalue weighted by Gasteiger charge is -2.20. The lowest BCUT2D eigenvalue weighted by molar-refractivity contribution is 0.987. The van der Waals surface area contributed by atoms with Crippen LogP contribution >= 0.6 is 0 Å². The fourth-order valence-corrected chi connectivity index (χ4v) is 3.26. The minimum atomic E-state index is 0.991. The number of rotatable bonds is 1. The van der Waals surface area contributed by atoms with Crippen molar-refractivity contribution in [1.82, 2.24) is 4.57 Å². The van der Waals surface area contributed by atoms with Gasteiger partial charge in [0.05, 0.1) is 10.9 Å². The molecule has 2 heterocycles. The van der Waals surface area contributed by atoms with E-state index in [9.17, 15) is 0 Å². The summed E-state index contributed by atoms with van der Waals surface area (Å²) < 4.78 is 2.33. The predicted molar refractivity (Wildman–Crippen MR) is 85.5 cm³/mol. The van der Waals surface area contributed by atoms with Crippen LogP contribution in [0, 0.1) is 0 Å². The first-order chi connectivity index (χ1) is 9.81. The van der Waals surface area contributed by atoms with Crippen LogP contribution in [-0.4, -0.2) is 4.57 Å². The normalized spacial score (nSPS) is 13.5. The van der Waals surface area contributed by atoms with E-state index in [1.807, 2.05) is 12.2 Å². The second-order valence-electron chi connectivity index (χ2n) is 5.22. The Morgan fingerprint density at radius 3 is 2.65 bits per heavy atom. The molecular weight excluding hydrogens is 242 g/mol. The molecule has 3 aromatic rings. The Labute approximate surface area is 117 Å². The minimum Gasteiger partial charge on any atom is -0.309 e. The van der Waals surface area contributed by atoms with Gasteiger partial charge in [-0.15, -0.1) is 0 Å². The zero-order chi connectivity index (χ0) is 13.7. The zero-order valence-electron chi connectivity index (χ0n) is 11.3. The van der Waals surface area contributed by atoms with E-state index >= 15 is 0 Å². The molecule has 0 N–H and O–H groups in total. The smallest absolute Gasteiger partial charge is 0.0576 e. The first-order valence-electron chi connectivity index (χ1n) is 6.83. The average molecular weight is 257 g/mol. The van der Waals surface area contributed by atoms with Crippen LogP contribution in [0.15, 0.2) is 55.1 Å². The number of hydrogen-bond donors (Lipinski definition) is 0. The molecule has 2 aromatic carbocycles. The van der Waals surface area contributed by atoms with Gasteiger partial charge in [-0.2, -0.15) is 0 Å². The first-order valence-corrected chi connectivity index (χ1v) is 6.83. The maximum Gasteiger partial charge on any atom is 0.0576 e. The maximum atomic E-state index is 4.28. The van der Waals surface area contributed by atoms with Crippen LogP contribution in [0.3, 0.4) is 0 Å². The van der Waals surface area contributed by atoms with Crippen molar-refractivity contribution in [3.63, 3.8) is 0 Å². The minimum absolute atomic E-state index is 0.991. The quantitative estimate of drug-likeness (QED) is 0.494. The molecule has 0 fully saturated rings. The Morgan fingerprint density at radius 1 is 1.00 bits per heavy atom. The molecule has 1 aliphatic heterocycles. The third-order valence-electron chi connectivity index (χ3n) is 4.11. The number of hydrogen-bond acceptors (Lipinski definition) is 0. The molecule has 0 atom stereocenters. The van der Waals surface area contributed by atoms with Crippen LogP contribution < -0.4 is 10.6 Å². The molecule has 0 saturated carbocycles. The monoisotopic (exact) mass is 257 g/mol. The molecule has 0 radical (unpaired) electrons. The van der Waals surface area contributed by atoms with Crippen molar-refractivity contribution < 1.29 is 0 Å². The Kier molecular flexibility index (Phi) is 2.25. The summed E-state index contributed by atoms with van der Waals surface area (Å²) in [5.74, 6) is 0. The lowest BCUT2D eigenvalue weighted by Crippen LogP contribution is -2.28. The van der Waals surface area contributed by atoms with Gasteiger partial charge < -0.3 is 4.57 Å². The Balaban J connectivity index is 2.33. The van der Waals surface area contributed by atoms with Crippen molar-refractivity contribution in [1.29, 1.82) is 0 Å². The van der Waals surface area contributed by atoms with E-state index in [0.717, 1.165) is 17.0 Å². The van der Waals surface area contributed by atoms with Crippen molar-refractivity contribution >= 4 is 23.6 Å². The third kappa shape index (κ3) is 1.32. The van der Waals surface area contributed by atoms with E-state index in [1.165, 1.54) is 27.7 Å². The Hall–Kier alpha value is -2.54. The standard InChI is InChI=1S/C19H15N/c1-3-7-17-13(2)16-10-6-9-15-12-14-8-4-5-11-18(14)20(17)19(15)16/h3-11H,1-2,12H2/b17-7+. The van der Waals surface area contributed by atoms with Crippen LogP contribution in [0.25, 0.3) is 29.2 Å². The average Bonchev–Trinajstić information content (AvgIpc) is 2.76. The molecular formula is C19H15N. The SMILES string of the molecule is C=C/C=c1\c(=C)c2cccc3c2n1-c1ccccc1C3. The van der Waals surface area contributed by atoms with Crippen molar-refractivity contribution in [2.45, 2.75) is 6.42 Å². The highest BCUT2D eigenvalue weighted by atomic mass is 15.0. The molecule has 0 aliphatic carbocycles. The number of para-hydroxylation sites is 2. The second-order valence-corrected chi connectivity index (χ2v) is 5.22. The Morgan fingerprint density at radius 2 is 1.80 bits per heavy atom. The van der Waals surface area contributed by atoms with Crippen molar-refractivity contribution in [2.75, 3.05) is 0 Å². The summed E-state index contributed by atoms with van der Waals surface area (Å²) in [6.45, 7) is 8.12.